The van der Waals surface area contributed by atoms with Gasteiger partial charge < -0.3 is 14.3 Å². The highest BCUT2D eigenvalue weighted by atomic mass is 19.4. The summed E-state index contributed by atoms with van der Waals surface area (Å²) in [7, 11) is 0. The van der Waals surface area contributed by atoms with Crippen LogP contribution in [0.4, 0.5) is 19.0 Å². The minimum Gasteiger partial charge on any atom is -0.360 e. The third-order valence-corrected chi connectivity index (χ3v) is 4.69. The monoisotopic (exact) mass is 366 g/mol. The highest BCUT2D eigenvalue weighted by Crippen LogP contribution is 2.40. The van der Waals surface area contributed by atoms with Gasteiger partial charge in [0, 0.05) is 44.4 Å². The van der Waals surface area contributed by atoms with Crippen molar-refractivity contribution < 1.29 is 22.5 Å². The zero-order valence-corrected chi connectivity index (χ0v) is 13.9. The molecule has 1 saturated heterocycles. The Labute approximate surface area is 147 Å². The summed E-state index contributed by atoms with van der Waals surface area (Å²) in [5.41, 5.74) is -0.458. The summed E-state index contributed by atoms with van der Waals surface area (Å²) >= 11 is 0. The Morgan fingerprint density at radius 3 is 2.46 bits per heavy atom. The van der Waals surface area contributed by atoms with Gasteiger partial charge in [0.05, 0.1) is 5.56 Å². The van der Waals surface area contributed by atoms with Crippen LogP contribution < -0.4 is 4.90 Å². The molecule has 2 fully saturated rings. The van der Waals surface area contributed by atoms with Crippen LogP contribution in [-0.4, -0.2) is 47.1 Å². The number of anilines is 1. The van der Waals surface area contributed by atoms with Crippen molar-refractivity contribution in [3.05, 3.63) is 41.4 Å². The SMILES string of the molecule is O=C(c1cc(C2CC2)on1)N1CCN(c2ccc(C(F)(F)F)cn2)CC1. The number of nitrogens with zero attached hydrogens (tertiary/aromatic N) is 4. The summed E-state index contributed by atoms with van der Waals surface area (Å²) in [5.74, 6) is 1.45. The fourth-order valence-corrected chi connectivity index (χ4v) is 2.99. The minimum atomic E-state index is -4.40. The van der Waals surface area contributed by atoms with Crippen molar-refractivity contribution in [3.8, 4) is 0 Å². The van der Waals surface area contributed by atoms with E-state index in [-0.39, 0.29) is 5.91 Å². The van der Waals surface area contributed by atoms with Gasteiger partial charge in [0.25, 0.3) is 5.91 Å². The predicted octanol–water partition coefficient (Wildman–Crippen LogP) is 2.93. The van der Waals surface area contributed by atoms with Gasteiger partial charge in [-0.1, -0.05) is 5.16 Å². The van der Waals surface area contributed by atoms with Crippen LogP contribution in [0.5, 0.6) is 0 Å². The molecule has 2 aromatic heterocycles. The molecule has 1 aliphatic carbocycles. The number of amides is 1. The summed E-state index contributed by atoms with van der Waals surface area (Å²) in [6.07, 6.45) is -1.42. The lowest BCUT2D eigenvalue weighted by Crippen LogP contribution is -2.49. The summed E-state index contributed by atoms with van der Waals surface area (Å²) in [6.45, 7) is 1.90. The Morgan fingerprint density at radius 2 is 1.88 bits per heavy atom. The van der Waals surface area contributed by atoms with Crippen LogP contribution >= 0.6 is 0 Å². The molecule has 4 rings (SSSR count). The molecular formula is C17H17F3N4O2. The smallest absolute Gasteiger partial charge is 0.360 e. The number of alkyl halides is 3. The molecule has 0 N–H and O–H groups in total. The van der Waals surface area contributed by atoms with Gasteiger partial charge in [-0.15, -0.1) is 0 Å². The largest absolute Gasteiger partial charge is 0.417 e. The van der Waals surface area contributed by atoms with Crippen molar-refractivity contribution in [2.75, 3.05) is 31.1 Å². The van der Waals surface area contributed by atoms with Gasteiger partial charge in [0.15, 0.2) is 5.69 Å². The Kier molecular flexibility index (Phi) is 4.08. The van der Waals surface area contributed by atoms with E-state index in [1.54, 1.807) is 11.0 Å². The van der Waals surface area contributed by atoms with Gasteiger partial charge in [-0.2, -0.15) is 13.2 Å². The van der Waals surface area contributed by atoms with Gasteiger partial charge >= 0.3 is 6.18 Å². The Bertz CT molecular complexity index is 791. The minimum absolute atomic E-state index is 0.180. The summed E-state index contributed by atoms with van der Waals surface area (Å²) in [4.78, 5) is 19.9. The number of aromatic nitrogens is 2. The molecule has 0 spiro atoms. The second-order valence-electron chi connectivity index (χ2n) is 6.57. The Balaban J connectivity index is 1.36. The fraction of sp³-hybridized carbons (Fsp3) is 0.471. The first-order chi connectivity index (χ1) is 12.4. The fourth-order valence-electron chi connectivity index (χ4n) is 2.99. The van der Waals surface area contributed by atoms with E-state index in [0.717, 1.165) is 30.9 Å². The van der Waals surface area contributed by atoms with Crippen LogP contribution in [0.15, 0.2) is 28.9 Å². The third kappa shape index (κ3) is 3.38. The van der Waals surface area contributed by atoms with E-state index in [2.05, 4.69) is 10.1 Å². The maximum atomic E-state index is 12.6. The van der Waals surface area contributed by atoms with Crippen LogP contribution in [0.1, 0.15) is 40.6 Å². The third-order valence-electron chi connectivity index (χ3n) is 4.69. The predicted molar refractivity (Wildman–Crippen MR) is 85.8 cm³/mol. The summed E-state index contributed by atoms with van der Waals surface area (Å²) < 4.78 is 43.0. The summed E-state index contributed by atoms with van der Waals surface area (Å²) in [5, 5.41) is 3.86. The molecular weight excluding hydrogens is 349 g/mol. The van der Waals surface area contributed by atoms with E-state index < -0.39 is 11.7 Å². The molecule has 0 aromatic carbocycles. The molecule has 0 radical (unpaired) electrons. The van der Waals surface area contributed by atoms with E-state index in [1.807, 2.05) is 4.90 Å². The van der Waals surface area contributed by atoms with Crippen molar-refractivity contribution >= 4 is 11.7 Å². The molecule has 0 unspecified atom stereocenters. The maximum absolute atomic E-state index is 12.6. The second kappa shape index (κ2) is 6.30. The standard InChI is InChI=1S/C17H17F3N4O2/c18-17(19,20)12-3-4-15(21-10-12)23-5-7-24(8-6-23)16(25)13-9-14(26-22-13)11-1-2-11/h3-4,9-11H,1-2,5-8H2. The van der Waals surface area contributed by atoms with Crippen LogP contribution in [-0.2, 0) is 6.18 Å². The van der Waals surface area contributed by atoms with Gasteiger partial charge in [-0.05, 0) is 25.0 Å². The number of pyridine rings is 1. The van der Waals surface area contributed by atoms with Crippen molar-refractivity contribution in [1.29, 1.82) is 0 Å². The molecule has 1 amide bonds. The number of hydrogen-bond donors (Lipinski definition) is 0. The number of halogens is 3. The highest BCUT2D eigenvalue weighted by molar-refractivity contribution is 5.92. The zero-order chi connectivity index (χ0) is 18.3. The Hall–Kier alpha value is -2.58. The van der Waals surface area contributed by atoms with E-state index in [1.165, 1.54) is 6.07 Å². The van der Waals surface area contributed by atoms with Crippen LogP contribution in [0, 0.1) is 0 Å². The number of rotatable bonds is 3. The van der Waals surface area contributed by atoms with Crippen LogP contribution in [0.3, 0.4) is 0 Å². The summed E-state index contributed by atoms with van der Waals surface area (Å²) in [6, 6.07) is 4.10. The van der Waals surface area contributed by atoms with Crippen LogP contribution in [0.2, 0.25) is 0 Å². The average Bonchev–Trinajstić information content (AvgIpc) is 3.38. The van der Waals surface area contributed by atoms with Gasteiger partial charge in [-0.25, -0.2) is 4.98 Å². The maximum Gasteiger partial charge on any atom is 0.417 e. The molecule has 3 heterocycles. The number of hydrogen-bond acceptors (Lipinski definition) is 5. The number of piperazine rings is 1. The van der Waals surface area contributed by atoms with Gasteiger partial charge in [-0.3, -0.25) is 4.79 Å². The van der Waals surface area contributed by atoms with E-state index in [0.29, 0.717) is 43.6 Å². The molecule has 1 saturated carbocycles. The quantitative estimate of drug-likeness (QED) is 0.836. The van der Waals surface area contributed by atoms with Crippen molar-refractivity contribution in [2.45, 2.75) is 24.9 Å². The molecule has 26 heavy (non-hydrogen) atoms. The van der Waals surface area contributed by atoms with Gasteiger partial charge in [0.2, 0.25) is 0 Å². The Morgan fingerprint density at radius 1 is 1.15 bits per heavy atom. The lowest BCUT2D eigenvalue weighted by atomic mass is 10.2. The lowest BCUT2D eigenvalue weighted by Gasteiger charge is -2.35. The topological polar surface area (TPSA) is 62.5 Å². The molecule has 0 atom stereocenters. The molecule has 1 aliphatic heterocycles. The second-order valence-corrected chi connectivity index (χ2v) is 6.57. The lowest BCUT2D eigenvalue weighted by molar-refractivity contribution is -0.137. The van der Waals surface area contributed by atoms with Crippen LogP contribution in [0.25, 0.3) is 0 Å². The molecule has 138 valence electrons. The molecule has 0 bridgehead atoms. The first-order valence-corrected chi connectivity index (χ1v) is 8.46. The number of carbonyl (C=O) groups is 1. The van der Waals surface area contributed by atoms with Gasteiger partial charge in [0.1, 0.15) is 11.6 Å². The first-order valence-electron chi connectivity index (χ1n) is 8.46. The highest BCUT2D eigenvalue weighted by Gasteiger charge is 2.32. The molecule has 6 nitrogen and oxygen atoms in total. The van der Waals surface area contributed by atoms with E-state index >= 15 is 0 Å². The normalized spacial score (nSPS) is 18.3. The van der Waals surface area contributed by atoms with Crippen molar-refractivity contribution in [2.24, 2.45) is 0 Å². The van der Waals surface area contributed by atoms with Crippen molar-refractivity contribution in [3.63, 3.8) is 0 Å². The first kappa shape index (κ1) is 16.9. The zero-order valence-electron chi connectivity index (χ0n) is 13.9. The molecule has 2 aromatic rings. The molecule has 2 aliphatic rings. The molecule has 9 heteroatoms. The van der Waals surface area contributed by atoms with E-state index in [4.69, 9.17) is 4.52 Å². The number of carbonyl (C=O) groups excluding carboxylic acids is 1. The van der Waals surface area contributed by atoms with Crippen molar-refractivity contribution in [1.82, 2.24) is 15.0 Å². The van der Waals surface area contributed by atoms with E-state index in [9.17, 15) is 18.0 Å². The average molecular weight is 366 g/mol.